The Kier molecular flexibility index (Phi) is 19.4. The lowest BCUT2D eigenvalue weighted by atomic mass is 9.76. The summed E-state index contributed by atoms with van der Waals surface area (Å²) in [7, 11) is -0.420. The Balaban J connectivity index is 1.54. The first-order chi connectivity index (χ1) is 28.9. The van der Waals surface area contributed by atoms with Crippen LogP contribution < -0.4 is 4.74 Å². The first kappa shape index (κ1) is 50.5. The van der Waals surface area contributed by atoms with Crippen molar-refractivity contribution in [2.75, 3.05) is 26.9 Å². The van der Waals surface area contributed by atoms with Gasteiger partial charge in [0.2, 0.25) is 8.32 Å². The Bertz CT molecular complexity index is 1660. The van der Waals surface area contributed by atoms with Crippen molar-refractivity contribution in [2.24, 2.45) is 5.41 Å². The number of Topliss-reactive ketones (excluding diaryl/α,β-unsaturated/α-hetero) is 1. The summed E-state index contributed by atoms with van der Waals surface area (Å²) in [6, 6.07) is 17.8. The molecule has 2 fully saturated rings. The lowest BCUT2D eigenvalue weighted by Gasteiger charge is -2.43. The molecule has 0 unspecified atom stereocenters. The van der Waals surface area contributed by atoms with Crippen LogP contribution in [-0.2, 0) is 55.7 Å². The average Bonchev–Trinajstić information content (AvgIpc) is 3.19. The smallest absolute Gasteiger partial charge is 0.308 e. The van der Waals surface area contributed by atoms with Gasteiger partial charge in [-0.1, -0.05) is 122 Å². The maximum absolute atomic E-state index is 14.7. The van der Waals surface area contributed by atoms with E-state index in [-0.39, 0.29) is 49.5 Å². The van der Waals surface area contributed by atoms with Gasteiger partial charge < -0.3 is 37.6 Å². The molecule has 61 heavy (non-hydrogen) atoms. The molecule has 0 amide bonds. The van der Waals surface area contributed by atoms with E-state index >= 15 is 0 Å². The molecule has 10 nitrogen and oxygen atoms in total. The molecular formula is C50H76O10Si. The first-order valence-corrected chi connectivity index (χ1v) is 24.5. The molecule has 2 aliphatic heterocycles. The van der Waals surface area contributed by atoms with E-state index in [1.165, 1.54) is 5.57 Å². The van der Waals surface area contributed by atoms with Gasteiger partial charge in [-0.3, -0.25) is 9.59 Å². The highest BCUT2D eigenvalue weighted by Crippen LogP contribution is 2.43. The summed E-state index contributed by atoms with van der Waals surface area (Å²) < 4.78 is 49.8. The SMILES string of the molecule is C=CCOC(=O)C[C@H]1C[C@H](C[C@H](OCc2ccccc2)C(C)(C)C(=O)C[C@@H]2C/C(=C/CO[Si](C(C)C)(C(C)C)C(C)C)C[C@H](COCc3ccc(OC)cc3)O2)OC(C)(C)O1. The molecule has 0 radical (unpaired) electrons. The summed E-state index contributed by atoms with van der Waals surface area (Å²) in [5.41, 5.74) is 3.81. The van der Waals surface area contributed by atoms with Gasteiger partial charge in [-0.05, 0) is 66.6 Å². The fourth-order valence-electron chi connectivity index (χ4n) is 9.37. The van der Waals surface area contributed by atoms with Gasteiger partial charge in [0.15, 0.2) is 5.79 Å². The van der Waals surface area contributed by atoms with Gasteiger partial charge in [-0.15, -0.1) is 0 Å². The molecule has 5 atom stereocenters. The number of hydrogen-bond acceptors (Lipinski definition) is 10. The minimum Gasteiger partial charge on any atom is -0.497 e. The number of carbonyl (C=O) groups is 2. The number of hydrogen-bond donors (Lipinski definition) is 0. The van der Waals surface area contributed by atoms with Crippen molar-refractivity contribution in [1.29, 1.82) is 0 Å². The van der Waals surface area contributed by atoms with Crippen LogP contribution >= 0.6 is 0 Å². The summed E-state index contributed by atoms with van der Waals surface area (Å²) in [5, 5.41) is 0. The van der Waals surface area contributed by atoms with Gasteiger partial charge in [-0.2, -0.15) is 0 Å². The molecule has 2 aliphatic rings. The van der Waals surface area contributed by atoms with Crippen molar-refractivity contribution >= 4 is 20.1 Å². The normalized spacial score (nSPS) is 22.1. The Morgan fingerprint density at radius 2 is 1.46 bits per heavy atom. The van der Waals surface area contributed by atoms with E-state index in [1.807, 2.05) is 82.3 Å². The van der Waals surface area contributed by atoms with E-state index in [0.29, 0.717) is 68.7 Å². The Labute approximate surface area is 368 Å². The molecule has 0 saturated carbocycles. The summed E-state index contributed by atoms with van der Waals surface area (Å²) in [6.45, 7) is 27.0. The maximum Gasteiger partial charge on any atom is 0.308 e. The van der Waals surface area contributed by atoms with Gasteiger partial charge in [0.05, 0.1) is 70.5 Å². The third kappa shape index (κ3) is 15.0. The molecule has 340 valence electrons. The number of ketones is 1. The topological polar surface area (TPSA) is 108 Å². The minimum atomic E-state index is -2.08. The molecule has 0 spiro atoms. The third-order valence-corrected chi connectivity index (χ3v) is 18.5. The van der Waals surface area contributed by atoms with Gasteiger partial charge in [-0.25, -0.2) is 0 Å². The van der Waals surface area contributed by atoms with Crippen LogP contribution in [0, 0.1) is 5.41 Å². The minimum absolute atomic E-state index is 0.0488. The molecular weight excluding hydrogens is 789 g/mol. The third-order valence-electron chi connectivity index (χ3n) is 12.4. The van der Waals surface area contributed by atoms with Gasteiger partial charge in [0, 0.05) is 24.7 Å². The maximum atomic E-state index is 14.7. The number of methoxy groups -OCH3 is 1. The van der Waals surface area contributed by atoms with Crippen molar-refractivity contribution in [1.82, 2.24) is 0 Å². The van der Waals surface area contributed by atoms with E-state index in [1.54, 1.807) is 13.2 Å². The number of esters is 1. The van der Waals surface area contributed by atoms with Crippen molar-refractivity contribution in [2.45, 2.75) is 174 Å². The highest BCUT2D eigenvalue weighted by molar-refractivity contribution is 6.77. The van der Waals surface area contributed by atoms with Crippen LogP contribution in [0.3, 0.4) is 0 Å². The summed E-state index contributed by atoms with van der Waals surface area (Å²) in [4.78, 5) is 27.3. The highest BCUT2D eigenvalue weighted by atomic mass is 28.4. The summed E-state index contributed by atoms with van der Waals surface area (Å²) in [6.07, 6.45) is 4.50. The van der Waals surface area contributed by atoms with E-state index in [4.69, 9.17) is 37.6 Å². The zero-order valence-electron chi connectivity index (χ0n) is 39.0. The molecule has 2 aromatic rings. The lowest BCUT2D eigenvalue weighted by molar-refractivity contribution is -0.304. The molecule has 0 N–H and O–H groups in total. The number of benzene rings is 2. The largest absolute Gasteiger partial charge is 0.497 e. The molecule has 2 saturated heterocycles. The molecule has 2 heterocycles. The van der Waals surface area contributed by atoms with Crippen LogP contribution in [0.2, 0.25) is 16.6 Å². The standard InChI is InChI=1S/C50H76O10Si/c1-13-24-55-48(52)31-44-28-43(59-50(10,11)60-44)30-47(56-33-38-17-15-14-16-18-38)49(8,9)46(51)29-42-26-40(23-25-57-61(35(2)3,36(4)5)37(6)7)27-45(58-42)34-54-32-39-19-21-41(53-12)22-20-39/h13-23,35-37,42-45,47H,1,24-34H2,2-12H3/b40-23-/t42-,43+,44+,45+,47-/m0/s1. The number of ether oxygens (including phenoxy) is 7. The van der Waals surface area contributed by atoms with Crippen molar-refractivity contribution in [3.05, 3.63) is 90.0 Å². The van der Waals surface area contributed by atoms with E-state index in [2.05, 4.69) is 54.2 Å². The van der Waals surface area contributed by atoms with Crippen LogP contribution in [-0.4, -0.2) is 83.3 Å². The van der Waals surface area contributed by atoms with Crippen molar-refractivity contribution < 1.29 is 47.2 Å². The van der Waals surface area contributed by atoms with Gasteiger partial charge in [0.1, 0.15) is 18.1 Å². The average molecular weight is 865 g/mol. The highest BCUT2D eigenvalue weighted by Gasteiger charge is 2.46. The van der Waals surface area contributed by atoms with Crippen LogP contribution in [0.25, 0.3) is 0 Å². The van der Waals surface area contributed by atoms with Crippen molar-refractivity contribution in [3.8, 4) is 5.75 Å². The Hall–Kier alpha value is -3.16. The van der Waals surface area contributed by atoms with Gasteiger partial charge in [0.25, 0.3) is 0 Å². The molecule has 0 bridgehead atoms. The van der Waals surface area contributed by atoms with Crippen molar-refractivity contribution in [3.63, 3.8) is 0 Å². The summed E-state index contributed by atoms with van der Waals surface area (Å²) in [5.74, 6) is -0.452. The van der Waals surface area contributed by atoms with Crippen LogP contribution in [0.15, 0.2) is 78.9 Å². The lowest BCUT2D eigenvalue weighted by Crippen LogP contribution is -2.49. The number of rotatable bonds is 24. The van der Waals surface area contributed by atoms with E-state index < -0.39 is 31.7 Å². The molecule has 2 aromatic carbocycles. The second-order valence-electron chi connectivity index (χ2n) is 18.8. The fraction of sp³-hybridized carbons (Fsp3) is 0.640. The molecule has 0 aliphatic carbocycles. The zero-order valence-corrected chi connectivity index (χ0v) is 40.0. The zero-order chi connectivity index (χ0) is 44.8. The second-order valence-corrected chi connectivity index (χ2v) is 24.3. The van der Waals surface area contributed by atoms with Crippen LogP contribution in [0.4, 0.5) is 0 Å². The van der Waals surface area contributed by atoms with Crippen LogP contribution in [0.5, 0.6) is 5.75 Å². The molecule has 4 rings (SSSR count). The monoisotopic (exact) mass is 865 g/mol. The Morgan fingerprint density at radius 1 is 0.836 bits per heavy atom. The predicted octanol–water partition coefficient (Wildman–Crippen LogP) is 10.9. The Morgan fingerprint density at radius 3 is 2.08 bits per heavy atom. The predicted molar refractivity (Wildman–Crippen MR) is 243 cm³/mol. The summed E-state index contributed by atoms with van der Waals surface area (Å²) >= 11 is 0. The molecule has 11 heteroatoms. The quantitative estimate of drug-likeness (QED) is 0.0575. The number of carbonyl (C=O) groups excluding carboxylic acids is 2. The van der Waals surface area contributed by atoms with Gasteiger partial charge >= 0.3 is 5.97 Å². The molecule has 0 aromatic heterocycles. The van der Waals surface area contributed by atoms with Crippen LogP contribution in [0.1, 0.15) is 119 Å². The first-order valence-electron chi connectivity index (χ1n) is 22.4. The fourth-order valence-corrected chi connectivity index (χ4v) is 14.7. The van der Waals surface area contributed by atoms with E-state index in [9.17, 15) is 9.59 Å². The van der Waals surface area contributed by atoms with E-state index in [0.717, 1.165) is 16.9 Å². The second kappa shape index (κ2) is 23.5.